The maximum absolute atomic E-state index is 13.2. The number of aromatic nitrogens is 5. The highest BCUT2D eigenvalue weighted by Gasteiger charge is 2.29. The van der Waals surface area contributed by atoms with Crippen molar-refractivity contribution in [3.8, 4) is 11.5 Å². The third-order valence-corrected chi connectivity index (χ3v) is 7.90. The van der Waals surface area contributed by atoms with Crippen molar-refractivity contribution in [3.05, 3.63) is 75.3 Å². The van der Waals surface area contributed by atoms with E-state index < -0.39 is 0 Å². The minimum Gasteiger partial charge on any atom is -0.493 e. The van der Waals surface area contributed by atoms with E-state index in [9.17, 15) is 4.79 Å². The van der Waals surface area contributed by atoms with Crippen molar-refractivity contribution in [2.75, 3.05) is 20.8 Å². The van der Waals surface area contributed by atoms with Crippen molar-refractivity contribution >= 4 is 10.9 Å². The standard InChI is InChI=1S/C30H38N6O3/c1-5-26(29-32-33-34-36(29)24-8-6-7-9-24)35(15-14-21-11-13-27(38-3)28(17-21)39-4)19-23-18-22-12-10-20(2)16-25(22)31-30(23)37/h10-13,16-18,24,26H,5-9,14-15,19H2,1-4H3,(H,31,37)/t26-/m0/s1. The van der Waals surface area contributed by atoms with Crippen molar-refractivity contribution in [3.63, 3.8) is 0 Å². The molecule has 9 nitrogen and oxygen atoms in total. The zero-order chi connectivity index (χ0) is 27.4. The number of rotatable bonds is 11. The van der Waals surface area contributed by atoms with Crippen LogP contribution in [0.1, 0.15) is 73.6 Å². The molecule has 1 aliphatic carbocycles. The van der Waals surface area contributed by atoms with Gasteiger partial charge in [0.2, 0.25) is 0 Å². The Morgan fingerprint density at radius 2 is 1.87 bits per heavy atom. The molecular weight excluding hydrogens is 492 g/mol. The summed E-state index contributed by atoms with van der Waals surface area (Å²) in [6.07, 6.45) is 6.20. The number of H-pyrrole nitrogens is 1. The molecule has 39 heavy (non-hydrogen) atoms. The quantitative estimate of drug-likeness (QED) is 0.286. The summed E-state index contributed by atoms with van der Waals surface area (Å²) >= 11 is 0. The molecule has 0 saturated heterocycles. The lowest BCUT2D eigenvalue weighted by atomic mass is 10.1. The second-order valence-corrected chi connectivity index (χ2v) is 10.5. The predicted octanol–water partition coefficient (Wildman–Crippen LogP) is 5.15. The third kappa shape index (κ3) is 5.83. The minimum atomic E-state index is -0.0607. The zero-order valence-electron chi connectivity index (χ0n) is 23.3. The maximum atomic E-state index is 13.2. The lowest BCUT2D eigenvalue weighted by Gasteiger charge is -2.31. The number of aromatic amines is 1. The summed E-state index contributed by atoms with van der Waals surface area (Å²) < 4.78 is 13.0. The summed E-state index contributed by atoms with van der Waals surface area (Å²) in [6, 6.07) is 14.5. The number of methoxy groups -OCH3 is 2. The van der Waals surface area contributed by atoms with Crippen molar-refractivity contribution < 1.29 is 9.47 Å². The van der Waals surface area contributed by atoms with Crippen LogP contribution in [0.5, 0.6) is 11.5 Å². The van der Waals surface area contributed by atoms with Gasteiger partial charge in [0.1, 0.15) is 0 Å². The van der Waals surface area contributed by atoms with Crippen molar-refractivity contribution in [1.82, 2.24) is 30.1 Å². The van der Waals surface area contributed by atoms with Crippen LogP contribution in [0.15, 0.2) is 47.3 Å². The van der Waals surface area contributed by atoms with E-state index in [1.54, 1.807) is 14.2 Å². The summed E-state index contributed by atoms with van der Waals surface area (Å²) in [4.78, 5) is 18.7. The van der Waals surface area contributed by atoms with Crippen LogP contribution >= 0.6 is 0 Å². The first kappa shape index (κ1) is 26.9. The Kier molecular flexibility index (Phi) is 8.26. The number of aryl methyl sites for hydroxylation is 1. The zero-order valence-corrected chi connectivity index (χ0v) is 23.3. The number of tetrazole rings is 1. The van der Waals surface area contributed by atoms with Crippen molar-refractivity contribution in [1.29, 1.82) is 0 Å². The van der Waals surface area contributed by atoms with Gasteiger partial charge in [-0.1, -0.05) is 38.0 Å². The molecule has 1 saturated carbocycles. The molecule has 206 valence electrons. The summed E-state index contributed by atoms with van der Waals surface area (Å²) in [6.45, 7) is 5.40. The summed E-state index contributed by atoms with van der Waals surface area (Å²) in [5, 5.41) is 14.0. The fourth-order valence-electron chi connectivity index (χ4n) is 5.78. The van der Waals surface area contributed by atoms with Crippen LogP contribution in [0.25, 0.3) is 10.9 Å². The molecule has 2 aromatic carbocycles. The normalized spacial score (nSPS) is 14.8. The minimum absolute atomic E-state index is 0.0335. The first-order chi connectivity index (χ1) is 19.0. The summed E-state index contributed by atoms with van der Waals surface area (Å²) in [5.74, 6) is 2.29. The molecule has 0 amide bonds. The molecule has 2 aromatic heterocycles. The van der Waals surface area contributed by atoms with Crippen molar-refractivity contribution in [2.24, 2.45) is 0 Å². The number of hydrogen-bond donors (Lipinski definition) is 1. The van der Waals surface area contributed by atoms with Gasteiger partial charge in [-0.3, -0.25) is 9.69 Å². The number of nitrogens with one attached hydrogen (secondary N) is 1. The summed E-state index contributed by atoms with van der Waals surface area (Å²) in [7, 11) is 3.29. The van der Waals surface area contributed by atoms with Gasteiger partial charge in [-0.25, -0.2) is 4.68 Å². The van der Waals surface area contributed by atoms with Crippen LogP contribution in [0.3, 0.4) is 0 Å². The van der Waals surface area contributed by atoms with Crippen LogP contribution in [0.2, 0.25) is 0 Å². The number of pyridine rings is 1. The highest BCUT2D eigenvalue weighted by Crippen LogP contribution is 2.33. The average molecular weight is 531 g/mol. The molecule has 0 radical (unpaired) electrons. The summed E-state index contributed by atoms with van der Waals surface area (Å²) in [5.41, 5.74) is 3.78. The van der Waals surface area contributed by atoms with E-state index >= 15 is 0 Å². The van der Waals surface area contributed by atoms with E-state index in [2.05, 4.69) is 50.5 Å². The largest absolute Gasteiger partial charge is 0.493 e. The Morgan fingerprint density at radius 1 is 1.08 bits per heavy atom. The van der Waals surface area contributed by atoms with Crippen LogP contribution in [-0.2, 0) is 13.0 Å². The first-order valence-corrected chi connectivity index (χ1v) is 13.9. The monoisotopic (exact) mass is 530 g/mol. The van der Waals surface area contributed by atoms with E-state index in [1.165, 1.54) is 12.8 Å². The van der Waals surface area contributed by atoms with Crippen LogP contribution in [-0.4, -0.2) is 50.9 Å². The van der Waals surface area contributed by atoms with Crippen LogP contribution in [0, 0.1) is 6.92 Å². The lowest BCUT2D eigenvalue weighted by Crippen LogP contribution is -2.34. The molecule has 5 rings (SSSR count). The van der Waals surface area contributed by atoms with Gasteiger partial charge < -0.3 is 14.5 Å². The van der Waals surface area contributed by atoms with Crippen LogP contribution in [0.4, 0.5) is 0 Å². The lowest BCUT2D eigenvalue weighted by molar-refractivity contribution is 0.169. The van der Waals surface area contributed by atoms with Crippen LogP contribution < -0.4 is 15.0 Å². The molecule has 0 unspecified atom stereocenters. The smallest absolute Gasteiger partial charge is 0.252 e. The molecule has 1 atom stereocenters. The average Bonchev–Trinajstić information content (AvgIpc) is 3.65. The number of nitrogens with zero attached hydrogens (tertiary/aromatic N) is 5. The van der Waals surface area contributed by atoms with E-state index in [0.717, 1.165) is 65.6 Å². The molecule has 1 N–H and O–H groups in total. The van der Waals surface area contributed by atoms with Gasteiger partial charge >= 0.3 is 0 Å². The fourth-order valence-corrected chi connectivity index (χ4v) is 5.78. The molecule has 2 heterocycles. The second kappa shape index (κ2) is 12.0. The number of fused-ring (bicyclic) bond motifs is 1. The first-order valence-electron chi connectivity index (χ1n) is 13.9. The van der Waals surface area contributed by atoms with Gasteiger partial charge in [0.25, 0.3) is 5.56 Å². The Balaban J connectivity index is 1.48. The molecule has 0 bridgehead atoms. The Morgan fingerprint density at radius 3 is 2.62 bits per heavy atom. The Bertz CT molecular complexity index is 1470. The fraction of sp³-hybridized carbons (Fsp3) is 0.467. The highest BCUT2D eigenvalue weighted by molar-refractivity contribution is 5.79. The SMILES string of the molecule is CC[C@@H](c1nnnn1C1CCCC1)N(CCc1ccc(OC)c(OC)c1)Cc1cc2ccc(C)cc2[nH]c1=O. The van der Waals surface area contributed by atoms with E-state index in [0.29, 0.717) is 24.1 Å². The number of hydrogen-bond acceptors (Lipinski definition) is 7. The van der Waals surface area contributed by atoms with Gasteiger partial charge in [0, 0.05) is 24.2 Å². The van der Waals surface area contributed by atoms with Gasteiger partial charge in [0.05, 0.1) is 26.3 Å². The topological polar surface area (TPSA) is 98.2 Å². The molecule has 4 aromatic rings. The van der Waals surface area contributed by atoms with Gasteiger partial charge in [-0.15, -0.1) is 5.10 Å². The number of benzene rings is 2. The molecule has 1 aliphatic rings. The molecule has 0 spiro atoms. The van der Waals surface area contributed by atoms with Gasteiger partial charge in [-0.2, -0.15) is 0 Å². The molecular formula is C30H38N6O3. The Hall–Kier alpha value is -3.72. The third-order valence-electron chi connectivity index (χ3n) is 7.90. The van der Waals surface area contributed by atoms with Gasteiger partial charge in [-0.05, 0) is 83.8 Å². The molecule has 1 fully saturated rings. The maximum Gasteiger partial charge on any atom is 0.252 e. The van der Waals surface area contributed by atoms with E-state index in [-0.39, 0.29) is 11.6 Å². The van der Waals surface area contributed by atoms with E-state index in [4.69, 9.17) is 9.47 Å². The second-order valence-electron chi connectivity index (χ2n) is 10.5. The van der Waals surface area contributed by atoms with E-state index in [1.807, 2.05) is 35.9 Å². The molecule has 9 heteroatoms. The van der Waals surface area contributed by atoms with Crippen molar-refractivity contribution in [2.45, 2.75) is 71.0 Å². The Labute approximate surface area is 229 Å². The highest BCUT2D eigenvalue weighted by atomic mass is 16.5. The predicted molar refractivity (Wildman–Crippen MR) is 151 cm³/mol. The van der Waals surface area contributed by atoms with Gasteiger partial charge in [0.15, 0.2) is 17.3 Å². The number of ether oxygens (including phenoxy) is 2. The molecule has 0 aliphatic heterocycles.